The van der Waals surface area contributed by atoms with Gasteiger partial charge in [-0.05, 0) is 37.8 Å². The van der Waals surface area contributed by atoms with Gasteiger partial charge in [0.15, 0.2) is 0 Å². The maximum Gasteiger partial charge on any atom is 0.0661 e. The van der Waals surface area contributed by atoms with Gasteiger partial charge in [-0.1, -0.05) is 57.0 Å². The average Bonchev–Trinajstić information content (AvgIpc) is 2.43. The smallest absolute Gasteiger partial charge is 0.0661 e. The largest absolute Gasteiger partial charge is 0.379 e. The Hall–Kier alpha value is -0.860. The van der Waals surface area contributed by atoms with Gasteiger partial charge in [0.25, 0.3) is 0 Å². The molecular weight excluding hydrogens is 246 g/mol. The van der Waals surface area contributed by atoms with E-state index in [1.807, 2.05) is 0 Å². The lowest BCUT2D eigenvalue weighted by atomic mass is 10.0. The zero-order valence-corrected chi connectivity index (χ0v) is 13.6. The van der Waals surface area contributed by atoms with E-state index in [0.717, 1.165) is 26.2 Å². The number of hydrogen-bond donors (Lipinski definition) is 1. The number of hydrogen-bond acceptors (Lipinski definition) is 2. The molecule has 2 atom stereocenters. The number of rotatable bonds is 10. The van der Waals surface area contributed by atoms with Crippen LogP contribution in [0, 0.1) is 12.8 Å². The van der Waals surface area contributed by atoms with E-state index >= 15 is 0 Å². The summed E-state index contributed by atoms with van der Waals surface area (Å²) >= 11 is 0. The highest BCUT2D eigenvalue weighted by Crippen LogP contribution is 2.16. The molecule has 114 valence electrons. The van der Waals surface area contributed by atoms with E-state index < -0.39 is 0 Å². The Bertz CT molecular complexity index is 364. The molecule has 0 fully saturated rings. The van der Waals surface area contributed by atoms with Crippen LogP contribution in [-0.2, 0) is 4.74 Å². The monoisotopic (exact) mass is 277 g/mol. The summed E-state index contributed by atoms with van der Waals surface area (Å²) < 4.78 is 5.94. The van der Waals surface area contributed by atoms with Crippen LogP contribution in [-0.4, -0.2) is 19.8 Å². The van der Waals surface area contributed by atoms with Crippen LogP contribution in [0.2, 0.25) is 0 Å². The average molecular weight is 277 g/mol. The lowest BCUT2D eigenvalue weighted by Gasteiger charge is -2.21. The highest BCUT2D eigenvalue weighted by atomic mass is 16.5. The van der Waals surface area contributed by atoms with E-state index in [9.17, 15) is 0 Å². The normalized spacial score (nSPS) is 14.2. The van der Waals surface area contributed by atoms with Gasteiger partial charge in [0, 0.05) is 6.61 Å². The molecule has 0 aromatic heterocycles. The molecule has 2 nitrogen and oxygen atoms in total. The van der Waals surface area contributed by atoms with Crippen LogP contribution in [0.1, 0.15) is 57.2 Å². The van der Waals surface area contributed by atoms with Crippen molar-refractivity contribution in [3.63, 3.8) is 0 Å². The van der Waals surface area contributed by atoms with Crippen molar-refractivity contribution in [3.05, 3.63) is 35.4 Å². The van der Waals surface area contributed by atoms with Gasteiger partial charge in [-0.2, -0.15) is 0 Å². The molecule has 1 N–H and O–H groups in total. The van der Waals surface area contributed by atoms with Gasteiger partial charge in [-0.25, -0.2) is 0 Å². The van der Waals surface area contributed by atoms with Crippen LogP contribution in [0.4, 0.5) is 0 Å². The molecule has 0 saturated carbocycles. The second kappa shape index (κ2) is 9.95. The highest BCUT2D eigenvalue weighted by Gasteiger charge is 2.11. The zero-order valence-electron chi connectivity index (χ0n) is 13.6. The van der Waals surface area contributed by atoms with E-state index in [1.54, 1.807) is 0 Å². The zero-order chi connectivity index (χ0) is 14.8. The molecule has 20 heavy (non-hydrogen) atoms. The third kappa shape index (κ3) is 6.53. The molecule has 0 heterocycles. The summed E-state index contributed by atoms with van der Waals surface area (Å²) in [6.07, 6.45) is 3.63. The third-order valence-electron chi connectivity index (χ3n) is 3.55. The Labute approximate surface area is 124 Å². The minimum absolute atomic E-state index is 0.309. The minimum Gasteiger partial charge on any atom is -0.379 e. The molecule has 0 aliphatic carbocycles. The first-order valence-electron chi connectivity index (χ1n) is 8.05. The van der Waals surface area contributed by atoms with Crippen LogP contribution in [0.25, 0.3) is 0 Å². The van der Waals surface area contributed by atoms with Crippen LogP contribution in [0.3, 0.4) is 0 Å². The molecule has 0 aliphatic rings. The molecule has 0 aliphatic heterocycles. The first-order chi connectivity index (χ1) is 9.67. The molecule has 2 unspecified atom stereocenters. The molecule has 0 saturated heterocycles. The van der Waals surface area contributed by atoms with Gasteiger partial charge < -0.3 is 10.1 Å². The lowest BCUT2D eigenvalue weighted by Crippen LogP contribution is -2.27. The van der Waals surface area contributed by atoms with Gasteiger partial charge in [-0.15, -0.1) is 0 Å². The molecule has 1 rings (SSSR count). The second-order valence-electron chi connectivity index (χ2n) is 5.85. The first kappa shape index (κ1) is 17.2. The summed E-state index contributed by atoms with van der Waals surface area (Å²) in [7, 11) is 0. The summed E-state index contributed by atoms with van der Waals surface area (Å²) in [6, 6.07) is 9.03. The Morgan fingerprint density at radius 3 is 2.60 bits per heavy atom. The predicted octanol–water partition coefficient (Wildman–Crippen LogP) is 4.49. The standard InChI is InChI=1S/C18H31NO/c1-5-8-16(4)13-20-14-18(19-11-6-2)17-10-7-9-15(3)12-17/h7,9-10,12,16,18-19H,5-6,8,11,13-14H2,1-4H3. The molecule has 0 bridgehead atoms. The molecule has 0 radical (unpaired) electrons. The summed E-state index contributed by atoms with van der Waals surface area (Å²) in [5.74, 6) is 0.657. The minimum atomic E-state index is 0.309. The van der Waals surface area contributed by atoms with Gasteiger partial charge >= 0.3 is 0 Å². The van der Waals surface area contributed by atoms with Crippen LogP contribution >= 0.6 is 0 Å². The van der Waals surface area contributed by atoms with E-state index in [-0.39, 0.29) is 0 Å². The molecule has 0 spiro atoms. The van der Waals surface area contributed by atoms with Crippen LogP contribution in [0.15, 0.2) is 24.3 Å². The summed E-state index contributed by atoms with van der Waals surface area (Å²) in [5, 5.41) is 3.59. The Balaban J connectivity index is 2.51. The quantitative estimate of drug-likeness (QED) is 0.680. The Kier molecular flexibility index (Phi) is 8.56. The summed E-state index contributed by atoms with van der Waals surface area (Å²) in [5.41, 5.74) is 2.65. The Morgan fingerprint density at radius 1 is 1.15 bits per heavy atom. The maximum absolute atomic E-state index is 5.94. The van der Waals surface area contributed by atoms with Crippen molar-refractivity contribution in [2.45, 2.75) is 53.0 Å². The van der Waals surface area contributed by atoms with Crippen molar-refractivity contribution in [2.75, 3.05) is 19.8 Å². The highest BCUT2D eigenvalue weighted by molar-refractivity contribution is 5.25. The van der Waals surface area contributed by atoms with Gasteiger partial charge in [0.05, 0.1) is 12.6 Å². The van der Waals surface area contributed by atoms with Gasteiger partial charge in [0.1, 0.15) is 0 Å². The van der Waals surface area contributed by atoms with E-state index in [0.29, 0.717) is 12.0 Å². The lowest BCUT2D eigenvalue weighted by molar-refractivity contribution is 0.0832. The second-order valence-corrected chi connectivity index (χ2v) is 5.85. The van der Waals surface area contributed by atoms with Crippen molar-refractivity contribution in [3.8, 4) is 0 Å². The number of nitrogens with one attached hydrogen (secondary N) is 1. The molecule has 0 amide bonds. The van der Waals surface area contributed by atoms with E-state index in [2.05, 4.69) is 57.3 Å². The fourth-order valence-corrected chi connectivity index (χ4v) is 2.44. The Morgan fingerprint density at radius 2 is 1.95 bits per heavy atom. The fraction of sp³-hybridized carbons (Fsp3) is 0.667. The third-order valence-corrected chi connectivity index (χ3v) is 3.55. The number of benzene rings is 1. The van der Waals surface area contributed by atoms with Crippen LogP contribution < -0.4 is 5.32 Å². The number of aryl methyl sites for hydroxylation is 1. The van der Waals surface area contributed by atoms with Crippen molar-refractivity contribution in [2.24, 2.45) is 5.92 Å². The van der Waals surface area contributed by atoms with Crippen LogP contribution in [0.5, 0.6) is 0 Å². The fourth-order valence-electron chi connectivity index (χ4n) is 2.44. The predicted molar refractivity (Wildman–Crippen MR) is 87.1 cm³/mol. The number of ether oxygens (including phenoxy) is 1. The summed E-state index contributed by atoms with van der Waals surface area (Å²) in [4.78, 5) is 0. The van der Waals surface area contributed by atoms with Crippen molar-refractivity contribution < 1.29 is 4.74 Å². The van der Waals surface area contributed by atoms with Gasteiger partial charge in [0.2, 0.25) is 0 Å². The van der Waals surface area contributed by atoms with Gasteiger partial charge in [-0.3, -0.25) is 0 Å². The topological polar surface area (TPSA) is 21.3 Å². The molecular formula is C18H31NO. The maximum atomic E-state index is 5.94. The molecule has 2 heteroatoms. The SMILES string of the molecule is CCCNC(COCC(C)CCC)c1cccc(C)c1. The first-order valence-corrected chi connectivity index (χ1v) is 8.05. The molecule has 1 aromatic carbocycles. The van der Waals surface area contributed by atoms with Crippen molar-refractivity contribution in [1.82, 2.24) is 5.32 Å². The molecule has 1 aromatic rings. The van der Waals surface area contributed by atoms with Crippen molar-refractivity contribution in [1.29, 1.82) is 0 Å². The van der Waals surface area contributed by atoms with Crippen molar-refractivity contribution >= 4 is 0 Å². The summed E-state index contributed by atoms with van der Waals surface area (Å²) in [6.45, 7) is 11.5. The van der Waals surface area contributed by atoms with E-state index in [4.69, 9.17) is 4.74 Å². The van der Waals surface area contributed by atoms with E-state index in [1.165, 1.54) is 24.0 Å².